The zero-order chi connectivity index (χ0) is 17.2. The van der Waals surface area contributed by atoms with Crippen molar-refractivity contribution in [3.63, 3.8) is 0 Å². The molecule has 1 unspecified atom stereocenters. The van der Waals surface area contributed by atoms with Crippen molar-refractivity contribution >= 4 is 11.9 Å². The van der Waals surface area contributed by atoms with Crippen molar-refractivity contribution in [3.8, 4) is 11.5 Å². The van der Waals surface area contributed by atoms with Crippen LogP contribution in [-0.2, 0) is 20.7 Å². The van der Waals surface area contributed by atoms with Gasteiger partial charge in [-0.3, -0.25) is 4.79 Å². The van der Waals surface area contributed by atoms with Gasteiger partial charge in [-0.25, -0.2) is 4.79 Å². The number of carbonyl (C=O) groups excluding carboxylic acids is 1. The van der Waals surface area contributed by atoms with Crippen LogP contribution in [0.4, 0.5) is 0 Å². The van der Waals surface area contributed by atoms with E-state index in [1.807, 2.05) is 6.92 Å². The lowest BCUT2D eigenvalue weighted by molar-refractivity contribution is -0.141. The summed E-state index contributed by atoms with van der Waals surface area (Å²) in [5.41, 5.74) is 0.722. The summed E-state index contributed by atoms with van der Waals surface area (Å²) in [6.45, 7) is 4.69. The first-order valence-electron chi connectivity index (χ1n) is 7.35. The highest BCUT2D eigenvalue weighted by Crippen LogP contribution is 2.28. The van der Waals surface area contributed by atoms with Gasteiger partial charge in [0.1, 0.15) is 12.6 Å². The average molecular weight is 325 g/mol. The molecule has 0 fully saturated rings. The Morgan fingerprint density at radius 2 is 2.00 bits per heavy atom. The van der Waals surface area contributed by atoms with Crippen molar-refractivity contribution in [2.45, 2.75) is 26.3 Å². The maximum Gasteiger partial charge on any atom is 0.326 e. The lowest BCUT2D eigenvalue weighted by Crippen LogP contribution is -2.41. The third kappa shape index (κ3) is 6.56. The zero-order valence-corrected chi connectivity index (χ0v) is 13.6. The van der Waals surface area contributed by atoms with Crippen molar-refractivity contribution in [2.75, 3.05) is 26.9 Å². The highest BCUT2D eigenvalue weighted by molar-refractivity contribution is 5.82. The van der Waals surface area contributed by atoms with Gasteiger partial charge in [0.25, 0.3) is 0 Å². The summed E-state index contributed by atoms with van der Waals surface area (Å²) in [6.07, 6.45) is 0.157. The number of benzene rings is 1. The molecule has 0 spiro atoms. The van der Waals surface area contributed by atoms with Gasteiger partial charge in [0.2, 0.25) is 5.91 Å². The molecule has 1 aromatic carbocycles. The van der Waals surface area contributed by atoms with Crippen LogP contribution in [0, 0.1) is 0 Å². The summed E-state index contributed by atoms with van der Waals surface area (Å²) in [4.78, 5) is 22.2. The number of methoxy groups -OCH3 is 1. The SMILES string of the molecule is CCOCCOc1ccc(CC(NC(C)=O)C(=O)O)cc1OC. The first kappa shape index (κ1) is 18.8. The second kappa shape index (κ2) is 9.68. The molecule has 0 aliphatic rings. The number of amides is 1. The normalized spacial score (nSPS) is 11.6. The zero-order valence-electron chi connectivity index (χ0n) is 13.6. The van der Waals surface area contributed by atoms with E-state index in [9.17, 15) is 9.59 Å². The molecular formula is C16H23NO6. The minimum Gasteiger partial charge on any atom is -0.493 e. The standard InChI is InChI=1S/C16H23NO6/c1-4-22-7-8-23-14-6-5-12(10-15(14)21-3)9-13(16(19)20)17-11(2)18/h5-6,10,13H,4,7-9H2,1-3H3,(H,17,18)(H,19,20). The van der Waals surface area contributed by atoms with E-state index < -0.39 is 12.0 Å². The second-order valence-corrected chi connectivity index (χ2v) is 4.83. The van der Waals surface area contributed by atoms with Crippen molar-refractivity contribution in [1.82, 2.24) is 5.32 Å². The Balaban J connectivity index is 2.77. The smallest absolute Gasteiger partial charge is 0.326 e. The largest absolute Gasteiger partial charge is 0.493 e. The minimum atomic E-state index is -1.09. The van der Waals surface area contributed by atoms with E-state index in [1.165, 1.54) is 14.0 Å². The number of carboxylic acid groups (broad SMARTS) is 1. The third-order valence-corrected chi connectivity index (χ3v) is 3.03. The minimum absolute atomic E-state index is 0.157. The van der Waals surface area contributed by atoms with Gasteiger partial charge in [0.05, 0.1) is 13.7 Å². The molecule has 1 amide bonds. The van der Waals surface area contributed by atoms with Crippen molar-refractivity contribution in [1.29, 1.82) is 0 Å². The predicted molar refractivity (Wildman–Crippen MR) is 83.9 cm³/mol. The van der Waals surface area contributed by atoms with Gasteiger partial charge in [0, 0.05) is 20.0 Å². The van der Waals surface area contributed by atoms with Crippen LogP contribution < -0.4 is 14.8 Å². The fourth-order valence-corrected chi connectivity index (χ4v) is 1.99. The number of carboxylic acids is 1. The maximum atomic E-state index is 11.2. The molecule has 23 heavy (non-hydrogen) atoms. The first-order valence-corrected chi connectivity index (χ1v) is 7.35. The molecule has 0 aliphatic heterocycles. The first-order chi connectivity index (χ1) is 11.0. The van der Waals surface area contributed by atoms with Gasteiger partial charge in [0.15, 0.2) is 11.5 Å². The highest BCUT2D eigenvalue weighted by Gasteiger charge is 2.19. The molecule has 0 saturated heterocycles. The maximum absolute atomic E-state index is 11.2. The Morgan fingerprint density at radius 1 is 1.26 bits per heavy atom. The molecule has 0 aromatic heterocycles. The topological polar surface area (TPSA) is 94.1 Å². The number of aliphatic carboxylic acids is 1. The Labute approximate surface area is 135 Å². The van der Waals surface area contributed by atoms with Gasteiger partial charge >= 0.3 is 5.97 Å². The van der Waals surface area contributed by atoms with Gasteiger partial charge in [-0.15, -0.1) is 0 Å². The van der Waals surface area contributed by atoms with Crippen molar-refractivity contribution < 1.29 is 28.9 Å². The van der Waals surface area contributed by atoms with Gasteiger partial charge in [-0.05, 0) is 24.6 Å². The van der Waals surface area contributed by atoms with Crippen LogP contribution >= 0.6 is 0 Å². The highest BCUT2D eigenvalue weighted by atomic mass is 16.5. The lowest BCUT2D eigenvalue weighted by Gasteiger charge is -2.15. The molecule has 0 aliphatic carbocycles. The number of rotatable bonds is 10. The summed E-state index contributed by atoms with van der Waals surface area (Å²) >= 11 is 0. The number of hydrogen-bond acceptors (Lipinski definition) is 5. The fraction of sp³-hybridized carbons (Fsp3) is 0.500. The van der Waals surface area contributed by atoms with Crippen LogP contribution in [0.15, 0.2) is 18.2 Å². The Kier molecular flexibility index (Phi) is 7.90. The van der Waals surface area contributed by atoms with Gasteiger partial charge in [-0.2, -0.15) is 0 Å². The van der Waals surface area contributed by atoms with E-state index in [-0.39, 0.29) is 12.3 Å². The summed E-state index contributed by atoms with van der Waals surface area (Å²) in [5.74, 6) is -0.412. The third-order valence-electron chi connectivity index (χ3n) is 3.03. The molecule has 0 heterocycles. The van der Waals surface area contributed by atoms with Crippen molar-refractivity contribution in [3.05, 3.63) is 23.8 Å². The summed E-state index contributed by atoms with van der Waals surface area (Å²) in [5, 5.41) is 11.5. The molecule has 1 aromatic rings. The second-order valence-electron chi connectivity index (χ2n) is 4.83. The van der Waals surface area contributed by atoms with E-state index in [0.29, 0.717) is 31.3 Å². The molecule has 0 radical (unpaired) electrons. The predicted octanol–water partition coefficient (Wildman–Crippen LogP) is 1.24. The fourth-order valence-electron chi connectivity index (χ4n) is 1.99. The average Bonchev–Trinajstić information content (AvgIpc) is 2.51. The van der Waals surface area contributed by atoms with Crippen LogP contribution in [0.2, 0.25) is 0 Å². The number of ether oxygens (including phenoxy) is 3. The van der Waals surface area contributed by atoms with E-state index in [0.717, 1.165) is 5.56 Å². The van der Waals surface area contributed by atoms with Crippen LogP contribution in [0.25, 0.3) is 0 Å². The Hall–Kier alpha value is -2.28. The molecule has 0 saturated carbocycles. The quantitative estimate of drug-likeness (QED) is 0.629. The molecule has 1 atom stereocenters. The van der Waals surface area contributed by atoms with Crippen LogP contribution in [-0.4, -0.2) is 50.0 Å². The van der Waals surface area contributed by atoms with Gasteiger partial charge < -0.3 is 24.6 Å². The molecule has 1 rings (SSSR count). The lowest BCUT2D eigenvalue weighted by atomic mass is 10.1. The van der Waals surface area contributed by atoms with Crippen LogP contribution in [0.1, 0.15) is 19.4 Å². The van der Waals surface area contributed by atoms with E-state index >= 15 is 0 Å². The summed E-state index contributed by atoms with van der Waals surface area (Å²) in [6, 6.07) is 4.18. The van der Waals surface area contributed by atoms with Gasteiger partial charge in [-0.1, -0.05) is 6.07 Å². The Morgan fingerprint density at radius 3 is 2.57 bits per heavy atom. The number of carbonyl (C=O) groups is 2. The monoisotopic (exact) mass is 325 g/mol. The van der Waals surface area contributed by atoms with E-state index in [2.05, 4.69) is 5.32 Å². The van der Waals surface area contributed by atoms with E-state index in [4.69, 9.17) is 19.3 Å². The van der Waals surface area contributed by atoms with Crippen LogP contribution in [0.3, 0.4) is 0 Å². The molecule has 128 valence electrons. The molecule has 2 N–H and O–H groups in total. The molecule has 7 nitrogen and oxygen atoms in total. The van der Waals surface area contributed by atoms with Crippen molar-refractivity contribution in [2.24, 2.45) is 0 Å². The van der Waals surface area contributed by atoms with Crippen LogP contribution in [0.5, 0.6) is 11.5 Å². The number of nitrogens with one attached hydrogen (secondary N) is 1. The molecular weight excluding hydrogens is 302 g/mol. The molecule has 0 bridgehead atoms. The van der Waals surface area contributed by atoms with E-state index in [1.54, 1.807) is 18.2 Å². The molecule has 7 heteroatoms. The number of hydrogen-bond donors (Lipinski definition) is 2. The summed E-state index contributed by atoms with van der Waals surface area (Å²) < 4.78 is 16.0. The summed E-state index contributed by atoms with van der Waals surface area (Å²) in [7, 11) is 1.51. The Bertz CT molecular complexity index is 531.